The summed E-state index contributed by atoms with van der Waals surface area (Å²) < 4.78 is 6.81. The molecule has 0 saturated heterocycles. The van der Waals surface area contributed by atoms with Crippen LogP contribution in [0.25, 0.3) is 11.3 Å². The number of rotatable bonds is 8. The zero-order valence-corrected chi connectivity index (χ0v) is 16.9. The first-order valence-corrected chi connectivity index (χ1v) is 9.69. The molecule has 1 heterocycles. The van der Waals surface area contributed by atoms with Crippen LogP contribution < -0.4 is 15.6 Å². The monoisotopic (exact) mass is 411 g/mol. The first-order chi connectivity index (χ1) is 14.0. The van der Waals surface area contributed by atoms with Crippen LogP contribution >= 0.6 is 11.6 Å². The fourth-order valence-electron chi connectivity index (χ4n) is 2.67. The Balaban J connectivity index is 1.46. The third kappa shape index (κ3) is 6.19. The molecule has 0 unspecified atom stereocenters. The Morgan fingerprint density at radius 2 is 1.79 bits per heavy atom. The maximum Gasteiger partial charge on any atom is 0.266 e. The topological polar surface area (TPSA) is 73.2 Å². The van der Waals surface area contributed by atoms with Crippen LogP contribution in [0.2, 0.25) is 5.02 Å². The van der Waals surface area contributed by atoms with E-state index in [1.165, 1.54) is 10.7 Å². The fraction of sp³-hybridized carbons (Fsp3) is 0.227. The van der Waals surface area contributed by atoms with Crippen LogP contribution in [0.15, 0.2) is 65.5 Å². The number of halogens is 1. The molecule has 0 radical (unpaired) electrons. The number of carbonyl (C=O) groups excluding carboxylic acids is 1. The maximum absolute atomic E-state index is 12.1. The summed E-state index contributed by atoms with van der Waals surface area (Å²) in [6, 6.07) is 18.0. The van der Waals surface area contributed by atoms with Crippen molar-refractivity contribution in [3.05, 3.63) is 81.6 Å². The van der Waals surface area contributed by atoms with E-state index in [0.29, 0.717) is 30.3 Å². The van der Waals surface area contributed by atoms with E-state index in [2.05, 4.69) is 10.4 Å². The summed E-state index contributed by atoms with van der Waals surface area (Å²) in [5.41, 5.74) is 2.69. The first kappa shape index (κ1) is 20.6. The summed E-state index contributed by atoms with van der Waals surface area (Å²) in [7, 11) is 0. The third-order valence-electron chi connectivity index (χ3n) is 4.27. The molecular weight excluding hydrogens is 390 g/mol. The molecular formula is C22H22ClN3O3. The predicted molar refractivity (Wildman–Crippen MR) is 113 cm³/mol. The Hall–Kier alpha value is -3.12. The van der Waals surface area contributed by atoms with Crippen LogP contribution in [0.3, 0.4) is 0 Å². The molecule has 3 rings (SSSR count). The number of amides is 1. The van der Waals surface area contributed by atoms with Gasteiger partial charge in [-0.25, -0.2) is 4.68 Å². The molecule has 0 spiro atoms. The highest BCUT2D eigenvalue weighted by Crippen LogP contribution is 2.16. The number of hydrogen-bond donors (Lipinski definition) is 1. The van der Waals surface area contributed by atoms with Gasteiger partial charge in [0.2, 0.25) is 0 Å². The van der Waals surface area contributed by atoms with Gasteiger partial charge in [0.15, 0.2) is 6.61 Å². The van der Waals surface area contributed by atoms with Crippen molar-refractivity contribution in [2.24, 2.45) is 0 Å². The number of ether oxygens (including phenoxy) is 1. The highest BCUT2D eigenvalue weighted by atomic mass is 35.5. The Labute approximate surface area is 174 Å². The van der Waals surface area contributed by atoms with Crippen LogP contribution in [0.5, 0.6) is 5.75 Å². The van der Waals surface area contributed by atoms with Crippen molar-refractivity contribution >= 4 is 17.5 Å². The molecule has 0 atom stereocenters. The predicted octanol–water partition coefficient (Wildman–Crippen LogP) is 3.46. The number of carbonyl (C=O) groups is 1. The standard InChI is InChI=1S/C22H22ClN3O3/c1-16-3-5-17(6-4-16)20-11-12-22(28)26(25-20)14-2-13-24-21(27)15-29-19-9-7-18(23)8-10-19/h3-12H,2,13-15H2,1H3,(H,24,27). The van der Waals surface area contributed by atoms with Gasteiger partial charge in [0.1, 0.15) is 5.75 Å². The second-order valence-corrected chi connectivity index (χ2v) is 7.03. The Morgan fingerprint density at radius 1 is 1.07 bits per heavy atom. The quantitative estimate of drug-likeness (QED) is 0.576. The van der Waals surface area contributed by atoms with Crippen LogP contribution in [-0.2, 0) is 11.3 Å². The fourth-order valence-corrected chi connectivity index (χ4v) is 2.80. The van der Waals surface area contributed by atoms with E-state index in [0.717, 1.165) is 16.8 Å². The molecule has 0 saturated carbocycles. The molecule has 0 fully saturated rings. The van der Waals surface area contributed by atoms with Crippen molar-refractivity contribution in [2.45, 2.75) is 19.9 Å². The summed E-state index contributed by atoms with van der Waals surface area (Å²) in [5, 5.41) is 7.81. The van der Waals surface area contributed by atoms with Gasteiger partial charge in [-0.05, 0) is 43.7 Å². The lowest BCUT2D eigenvalue weighted by Crippen LogP contribution is -2.31. The zero-order chi connectivity index (χ0) is 20.6. The number of nitrogens with zero attached hydrogens (tertiary/aromatic N) is 2. The second-order valence-electron chi connectivity index (χ2n) is 6.59. The van der Waals surface area contributed by atoms with Gasteiger partial charge in [0.25, 0.3) is 11.5 Å². The zero-order valence-electron chi connectivity index (χ0n) is 16.1. The number of benzene rings is 2. The van der Waals surface area contributed by atoms with E-state index in [9.17, 15) is 9.59 Å². The molecule has 3 aromatic rings. The molecule has 1 N–H and O–H groups in total. The number of aryl methyl sites for hydroxylation is 2. The average Bonchev–Trinajstić information content (AvgIpc) is 2.72. The molecule has 0 aliphatic carbocycles. The highest BCUT2D eigenvalue weighted by Gasteiger charge is 2.05. The number of nitrogens with one attached hydrogen (secondary N) is 1. The minimum absolute atomic E-state index is 0.0806. The Bertz CT molecular complexity index is 1010. The molecule has 1 aromatic heterocycles. The van der Waals surface area contributed by atoms with Crippen molar-refractivity contribution in [1.82, 2.24) is 15.1 Å². The molecule has 150 valence electrons. The molecule has 6 nitrogen and oxygen atoms in total. The van der Waals surface area contributed by atoms with Gasteiger partial charge < -0.3 is 10.1 Å². The second kappa shape index (κ2) is 9.89. The molecule has 0 aliphatic rings. The van der Waals surface area contributed by atoms with E-state index in [1.807, 2.05) is 31.2 Å². The van der Waals surface area contributed by atoms with Gasteiger partial charge in [-0.15, -0.1) is 0 Å². The van der Waals surface area contributed by atoms with Crippen LogP contribution in [0.4, 0.5) is 0 Å². The first-order valence-electron chi connectivity index (χ1n) is 9.31. The SMILES string of the molecule is Cc1ccc(-c2ccc(=O)n(CCCNC(=O)COc3ccc(Cl)cc3)n2)cc1. The van der Waals surface area contributed by atoms with E-state index < -0.39 is 0 Å². The van der Waals surface area contributed by atoms with E-state index in [1.54, 1.807) is 30.3 Å². The molecule has 2 aromatic carbocycles. The van der Waals surface area contributed by atoms with Crippen LogP contribution in [0, 0.1) is 6.92 Å². The lowest BCUT2D eigenvalue weighted by atomic mass is 10.1. The normalized spacial score (nSPS) is 10.6. The lowest BCUT2D eigenvalue weighted by Gasteiger charge is -2.09. The van der Waals surface area contributed by atoms with Gasteiger partial charge in [0, 0.05) is 29.7 Å². The Morgan fingerprint density at radius 3 is 2.52 bits per heavy atom. The number of hydrogen-bond acceptors (Lipinski definition) is 4. The van der Waals surface area contributed by atoms with Crippen molar-refractivity contribution in [2.75, 3.05) is 13.2 Å². The average molecular weight is 412 g/mol. The number of aromatic nitrogens is 2. The third-order valence-corrected chi connectivity index (χ3v) is 4.52. The van der Waals surface area contributed by atoms with Crippen molar-refractivity contribution in [1.29, 1.82) is 0 Å². The summed E-state index contributed by atoms with van der Waals surface area (Å²) in [6.45, 7) is 2.78. The summed E-state index contributed by atoms with van der Waals surface area (Å²) >= 11 is 5.81. The molecule has 7 heteroatoms. The minimum Gasteiger partial charge on any atom is -0.484 e. The van der Waals surface area contributed by atoms with Crippen molar-refractivity contribution in [3.63, 3.8) is 0 Å². The van der Waals surface area contributed by atoms with Crippen LogP contribution in [0.1, 0.15) is 12.0 Å². The Kier molecular flexibility index (Phi) is 7.03. The summed E-state index contributed by atoms with van der Waals surface area (Å²) in [4.78, 5) is 23.9. The van der Waals surface area contributed by atoms with Gasteiger partial charge >= 0.3 is 0 Å². The summed E-state index contributed by atoms with van der Waals surface area (Å²) in [5.74, 6) is 0.349. The largest absolute Gasteiger partial charge is 0.484 e. The minimum atomic E-state index is -0.228. The van der Waals surface area contributed by atoms with Gasteiger partial charge in [-0.1, -0.05) is 41.4 Å². The van der Waals surface area contributed by atoms with E-state index in [-0.39, 0.29) is 18.1 Å². The molecule has 0 aliphatic heterocycles. The lowest BCUT2D eigenvalue weighted by molar-refractivity contribution is -0.123. The molecule has 1 amide bonds. The van der Waals surface area contributed by atoms with Gasteiger partial charge in [-0.3, -0.25) is 9.59 Å². The van der Waals surface area contributed by atoms with Crippen molar-refractivity contribution < 1.29 is 9.53 Å². The van der Waals surface area contributed by atoms with Gasteiger partial charge in [0.05, 0.1) is 5.69 Å². The van der Waals surface area contributed by atoms with Crippen molar-refractivity contribution in [3.8, 4) is 17.0 Å². The van der Waals surface area contributed by atoms with Crippen LogP contribution in [-0.4, -0.2) is 28.8 Å². The highest BCUT2D eigenvalue weighted by molar-refractivity contribution is 6.30. The maximum atomic E-state index is 12.1. The van der Waals surface area contributed by atoms with Gasteiger partial charge in [-0.2, -0.15) is 5.10 Å². The molecule has 29 heavy (non-hydrogen) atoms. The molecule has 0 bridgehead atoms. The van der Waals surface area contributed by atoms with E-state index >= 15 is 0 Å². The van der Waals surface area contributed by atoms with E-state index in [4.69, 9.17) is 16.3 Å². The smallest absolute Gasteiger partial charge is 0.266 e. The summed E-state index contributed by atoms with van der Waals surface area (Å²) in [6.07, 6.45) is 0.580.